The molecule has 0 aliphatic carbocycles. The van der Waals surface area contributed by atoms with E-state index in [1.807, 2.05) is 32.0 Å². The monoisotopic (exact) mass is 432 g/mol. The molecule has 1 N–H and O–H groups in total. The van der Waals surface area contributed by atoms with Crippen LogP contribution in [0.25, 0.3) is 0 Å². The average molecular weight is 433 g/mol. The molecule has 0 saturated carbocycles. The fourth-order valence-electron chi connectivity index (χ4n) is 3.25. The van der Waals surface area contributed by atoms with Crippen molar-refractivity contribution in [3.8, 4) is 0 Å². The van der Waals surface area contributed by atoms with Gasteiger partial charge in [-0.3, -0.25) is 4.90 Å². The molecule has 0 fully saturated rings. The standard InChI is InChI=1S/C21H30N2.C7H8.C2H6/c1-19(2)16-22-14-9-15-23(17-20-10-5-3-6-11-20)18-21-12-7-4-8-13-21;1-7-5-3-2-4-6-7;1-2/h3-8,10-13,19,22H,9,14-18H2,1-2H3;2-6H,1H3;1-2H3. The summed E-state index contributed by atoms with van der Waals surface area (Å²) in [5.74, 6) is 0.722. The van der Waals surface area contributed by atoms with Crippen LogP contribution in [0.2, 0.25) is 0 Å². The van der Waals surface area contributed by atoms with Gasteiger partial charge in [-0.15, -0.1) is 0 Å². The van der Waals surface area contributed by atoms with Gasteiger partial charge in [0, 0.05) is 19.6 Å². The van der Waals surface area contributed by atoms with Gasteiger partial charge in [0.15, 0.2) is 0 Å². The lowest BCUT2D eigenvalue weighted by molar-refractivity contribution is 0.252. The molecule has 174 valence electrons. The van der Waals surface area contributed by atoms with Crippen molar-refractivity contribution in [1.29, 1.82) is 0 Å². The lowest BCUT2D eigenvalue weighted by Gasteiger charge is -2.23. The maximum Gasteiger partial charge on any atom is 0.0237 e. The quantitative estimate of drug-likeness (QED) is 0.337. The lowest BCUT2D eigenvalue weighted by atomic mass is 10.1. The Morgan fingerprint density at radius 2 is 1.12 bits per heavy atom. The fraction of sp³-hybridized carbons (Fsp3) is 0.400. The topological polar surface area (TPSA) is 15.3 Å². The average Bonchev–Trinajstić information content (AvgIpc) is 2.82. The molecule has 0 unspecified atom stereocenters. The summed E-state index contributed by atoms with van der Waals surface area (Å²) in [6.07, 6.45) is 1.19. The van der Waals surface area contributed by atoms with Crippen LogP contribution in [0.1, 0.15) is 50.8 Å². The van der Waals surface area contributed by atoms with Gasteiger partial charge in [-0.25, -0.2) is 0 Å². The van der Waals surface area contributed by atoms with Crippen LogP contribution in [0.4, 0.5) is 0 Å². The van der Waals surface area contributed by atoms with Crippen LogP contribution >= 0.6 is 0 Å². The summed E-state index contributed by atoms with van der Waals surface area (Å²) in [7, 11) is 0. The lowest BCUT2D eigenvalue weighted by Crippen LogP contribution is -2.28. The highest BCUT2D eigenvalue weighted by Gasteiger charge is 2.07. The molecule has 0 atom stereocenters. The molecule has 32 heavy (non-hydrogen) atoms. The molecule has 0 spiro atoms. The SMILES string of the molecule is CC.CC(C)CNCCCN(Cc1ccccc1)Cc1ccccc1.Cc1ccccc1. The Kier molecular flexibility index (Phi) is 15.7. The third-order valence-corrected chi connectivity index (χ3v) is 4.82. The van der Waals surface area contributed by atoms with Crippen molar-refractivity contribution < 1.29 is 0 Å². The van der Waals surface area contributed by atoms with Crippen LogP contribution in [0.3, 0.4) is 0 Å². The highest BCUT2D eigenvalue weighted by Crippen LogP contribution is 2.10. The van der Waals surface area contributed by atoms with Crippen molar-refractivity contribution in [1.82, 2.24) is 10.2 Å². The predicted octanol–water partition coefficient (Wildman–Crippen LogP) is 7.35. The molecule has 0 aliphatic heterocycles. The Bertz CT molecular complexity index is 728. The Labute approximate surface area is 197 Å². The molecule has 3 aromatic rings. The van der Waals surface area contributed by atoms with Gasteiger partial charge in [-0.1, -0.05) is 124 Å². The van der Waals surface area contributed by atoms with Gasteiger partial charge in [-0.2, -0.15) is 0 Å². The highest BCUT2D eigenvalue weighted by atomic mass is 15.1. The highest BCUT2D eigenvalue weighted by molar-refractivity contribution is 5.17. The molecule has 3 rings (SSSR count). The van der Waals surface area contributed by atoms with E-state index in [1.165, 1.54) is 23.1 Å². The third-order valence-electron chi connectivity index (χ3n) is 4.82. The zero-order valence-electron chi connectivity index (χ0n) is 20.9. The van der Waals surface area contributed by atoms with Gasteiger partial charge in [-0.05, 0) is 43.5 Å². The number of nitrogens with one attached hydrogen (secondary N) is 1. The molecule has 2 heteroatoms. The van der Waals surface area contributed by atoms with Gasteiger partial charge < -0.3 is 5.32 Å². The molecular formula is C30H44N2. The largest absolute Gasteiger partial charge is 0.316 e. The predicted molar refractivity (Wildman–Crippen MR) is 142 cm³/mol. The van der Waals surface area contributed by atoms with E-state index in [4.69, 9.17) is 0 Å². The summed E-state index contributed by atoms with van der Waals surface area (Å²) >= 11 is 0. The molecule has 0 bridgehead atoms. The summed E-state index contributed by atoms with van der Waals surface area (Å²) in [6, 6.07) is 31.8. The van der Waals surface area contributed by atoms with Crippen LogP contribution in [-0.4, -0.2) is 24.5 Å². The van der Waals surface area contributed by atoms with Crippen molar-refractivity contribution >= 4 is 0 Å². The first-order valence-corrected chi connectivity index (χ1v) is 12.2. The minimum atomic E-state index is 0.722. The number of nitrogens with zero attached hydrogens (tertiary/aromatic N) is 1. The third kappa shape index (κ3) is 13.8. The maximum atomic E-state index is 3.54. The van der Waals surface area contributed by atoms with E-state index in [2.05, 4.69) is 104 Å². The Hall–Kier alpha value is -2.42. The molecule has 0 aromatic heterocycles. The minimum Gasteiger partial charge on any atom is -0.316 e. The van der Waals surface area contributed by atoms with Crippen LogP contribution < -0.4 is 5.32 Å². The van der Waals surface area contributed by atoms with Gasteiger partial charge in [0.25, 0.3) is 0 Å². The zero-order chi connectivity index (χ0) is 23.4. The van der Waals surface area contributed by atoms with E-state index >= 15 is 0 Å². The van der Waals surface area contributed by atoms with Crippen molar-refractivity contribution in [3.63, 3.8) is 0 Å². The van der Waals surface area contributed by atoms with Gasteiger partial charge in [0.2, 0.25) is 0 Å². The fourth-order valence-corrected chi connectivity index (χ4v) is 3.25. The molecule has 0 heterocycles. The summed E-state index contributed by atoms with van der Waals surface area (Å²) in [6.45, 7) is 15.9. The van der Waals surface area contributed by atoms with Crippen LogP contribution in [0.5, 0.6) is 0 Å². The second-order valence-electron chi connectivity index (χ2n) is 8.29. The Morgan fingerprint density at radius 3 is 1.50 bits per heavy atom. The van der Waals surface area contributed by atoms with Crippen LogP contribution in [-0.2, 0) is 13.1 Å². The molecule has 3 aromatic carbocycles. The molecule has 0 saturated heterocycles. The zero-order valence-corrected chi connectivity index (χ0v) is 20.9. The van der Waals surface area contributed by atoms with E-state index in [0.717, 1.165) is 38.6 Å². The van der Waals surface area contributed by atoms with Crippen LogP contribution in [0.15, 0.2) is 91.0 Å². The number of benzene rings is 3. The van der Waals surface area contributed by atoms with Crippen molar-refractivity contribution in [2.24, 2.45) is 5.92 Å². The van der Waals surface area contributed by atoms with E-state index in [0.29, 0.717) is 0 Å². The summed E-state index contributed by atoms with van der Waals surface area (Å²) < 4.78 is 0. The van der Waals surface area contributed by atoms with E-state index in [1.54, 1.807) is 0 Å². The van der Waals surface area contributed by atoms with Gasteiger partial charge in [0.1, 0.15) is 0 Å². The second kappa shape index (κ2) is 18.2. The van der Waals surface area contributed by atoms with Gasteiger partial charge >= 0.3 is 0 Å². The minimum absolute atomic E-state index is 0.722. The molecule has 0 radical (unpaired) electrons. The molecule has 0 amide bonds. The summed E-state index contributed by atoms with van der Waals surface area (Å²) in [5.41, 5.74) is 4.10. The second-order valence-corrected chi connectivity index (χ2v) is 8.29. The summed E-state index contributed by atoms with van der Waals surface area (Å²) in [5, 5.41) is 3.54. The Balaban J connectivity index is 0.000000477. The first-order chi connectivity index (χ1) is 15.6. The molecule has 0 aliphatic rings. The first kappa shape index (κ1) is 27.6. The van der Waals surface area contributed by atoms with Crippen molar-refractivity contribution in [2.45, 2.75) is 54.1 Å². The Morgan fingerprint density at radius 1 is 0.688 bits per heavy atom. The smallest absolute Gasteiger partial charge is 0.0237 e. The normalized spacial score (nSPS) is 10.2. The summed E-state index contributed by atoms with van der Waals surface area (Å²) in [4.78, 5) is 2.54. The van der Waals surface area contributed by atoms with Crippen molar-refractivity contribution in [3.05, 3.63) is 108 Å². The van der Waals surface area contributed by atoms with E-state index in [-0.39, 0.29) is 0 Å². The number of hydrogen-bond donors (Lipinski definition) is 1. The molecular weight excluding hydrogens is 388 g/mol. The van der Waals surface area contributed by atoms with E-state index < -0.39 is 0 Å². The maximum absolute atomic E-state index is 3.54. The first-order valence-electron chi connectivity index (χ1n) is 12.2. The number of hydrogen-bond acceptors (Lipinski definition) is 2. The van der Waals surface area contributed by atoms with Crippen LogP contribution in [0, 0.1) is 12.8 Å². The van der Waals surface area contributed by atoms with Gasteiger partial charge in [0.05, 0.1) is 0 Å². The van der Waals surface area contributed by atoms with E-state index in [9.17, 15) is 0 Å². The number of rotatable bonds is 10. The number of aryl methyl sites for hydroxylation is 1. The van der Waals surface area contributed by atoms with Crippen molar-refractivity contribution in [2.75, 3.05) is 19.6 Å². The molecule has 2 nitrogen and oxygen atoms in total.